The molecule has 23 heavy (non-hydrogen) atoms. The van der Waals surface area contributed by atoms with Crippen molar-refractivity contribution in [3.63, 3.8) is 0 Å². The summed E-state index contributed by atoms with van der Waals surface area (Å²) in [6, 6.07) is 6.78. The van der Waals surface area contributed by atoms with Crippen LogP contribution in [0.3, 0.4) is 0 Å². The second kappa shape index (κ2) is 6.54. The molecule has 1 atom stereocenters. The van der Waals surface area contributed by atoms with Gasteiger partial charge in [0.1, 0.15) is 5.60 Å². The molecule has 1 aliphatic rings. The third-order valence-corrected chi connectivity index (χ3v) is 3.63. The Bertz CT molecular complexity index is 580. The summed E-state index contributed by atoms with van der Waals surface area (Å²) < 4.78 is 5.32. The highest BCUT2D eigenvalue weighted by Gasteiger charge is 2.34. The summed E-state index contributed by atoms with van der Waals surface area (Å²) in [6.07, 6.45) is -0.777. The highest BCUT2D eigenvalue weighted by molar-refractivity contribution is 5.90. The van der Waals surface area contributed by atoms with Crippen molar-refractivity contribution in [3.05, 3.63) is 39.9 Å². The molecule has 7 nitrogen and oxygen atoms in total. The summed E-state index contributed by atoms with van der Waals surface area (Å²) >= 11 is 0. The van der Waals surface area contributed by atoms with Gasteiger partial charge in [-0.05, 0) is 52.1 Å². The molecular formula is C16H23N3O4. The Morgan fingerprint density at radius 3 is 2.39 bits per heavy atom. The SMILES string of the molecule is CN1CCN(c2ccc(C(=O)OC(C)(C)C)cc2)C([N+](=O)[O-])C1. The van der Waals surface area contributed by atoms with Gasteiger partial charge in [-0.1, -0.05) is 0 Å². The molecule has 1 unspecified atom stereocenters. The molecule has 1 aromatic carbocycles. The van der Waals surface area contributed by atoms with Crippen molar-refractivity contribution in [2.45, 2.75) is 32.5 Å². The van der Waals surface area contributed by atoms with E-state index >= 15 is 0 Å². The average molecular weight is 321 g/mol. The van der Waals surface area contributed by atoms with Crippen LogP contribution in [0.2, 0.25) is 0 Å². The maximum atomic E-state index is 12.0. The number of esters is 1. The first-order chi connectivity index (χ1) is 10.7. The second-order valence-corrected chi connectivity index (χ2v) is 6.77. The number of ether oxygens (including phenoxy) is 1. The van der Waals surface area contributed by atoms with Crippen molar-refractivity contribution >= 4 is 11.7 Å². The van der Waals surface area contributed by atoms with Crippen molar-refractivity contribution in [3.8, 4) is 0 Å². The van der Waals surface area contributed by atoms with Crippen LogP contribution in [0.25, 0.3) is 0 Å². The number of likely N-dealkylation sites (N-methyl/N-ethyl adjacent to an activating group) is 1. The smallest absolute Gasteiger partial charge is 0.338 e. The number of piperazine rings is 1. The summed E-state index contributed by atoms with van der Waals surface area (Å²) in [7, 11) is 1.87. The molecule has 1 aromatic rings. The fourth-order valence-electron chi connectivity index (χ4n) is 2.50. The van der Waals surface area contributed by atoms with Crippen LogP contribution in [0.5, 0.6) is 0 Å². The minimum absolute atomic E-state index is 0.266. The number of benzene rings is 1. The highest BCUT2D eigenvalue weighted by Crippen LogP contribution is 2.22. The Labute approximate surface area is 136 Å². The summed E-state index contributed by atoms with van der Waals surface area (Å²) in [5.74, 6) is -0.395. The number of carbonyl (C=O) groups is 1. The zero-order chi connectivity index (χ0) is 17.2. The number of nitrogens with zero attached hydrogens (tertiary/aromatic N) is 3. The Balaban J connectivity index is 2.15. The molecule has 1 saturated heterocycles. The number of anilines is 1. The predicted octanol–water partition coefficient (Wildman–Crippen LogP) is 2.00. The van der Waals surface area contributed by atoms with Crippen LogP contribution in [0.1, 0.15) is 31.1 Å². The molecule has 1 fully saturated rings. The van der Waals surface area contributed by atoms with Crippen LogP contribution in [0, 0.1) is 10.1 Å². The van der Waals surface area contributed by atoms with E-state index in [9.17, 15) is 14.9 Å². The standard InChI is InChI=1S/C16H23N3O4/c1-16(2,3)23-15(20)12-5-7-13(8-6-12)18-10-9-17(4)11-14(18)19(21)22/h5-8,14H,9-11H2,1-4H3. The van der Waals surface area contributed by atoms with E-state index in [4.69, 9.17) is 4.74 Å². The summed E-state index contributed by atoms with van der Waals surface area (Å²) in [4.78, 5) is 26.7. The van der Waals surface area contributed by atoms with E-state index in [1.807, 2.05) is 32.7 Å². The van der Waals surface area contributed by atoms with E-state index in [0.717, 1.165) is 12.2 Å². The first kappa shape index (κ1) is 17.2. The van der Waals surface area contributed by atoms with Crippen molar-refractivity contribution in [2.24, 2.45) is 0 Å². The lowest BCUT2D eigenvalue weighted by Gasteiger charge is -2.36. The van der Waals surface area contributed by atoms with Gasteiger partial charge in [0.25, 0.3) is 6.17 Å². The molecule has 0 aromatic heterocycles. The van der Waals surface area contributed by atoms with Gasteiger partial charge in [0.15, 0.2) is 0 Å². The number of rotatable bonds is 3. The molecule has 0 aliphatic carbocycles. The normalized spacial score (nSPS) is 19.5. The topological polar surface area (TPSA) is 75.9 Å². The lowest BCUT2D eigenvalue weighted by Crippen LogP contribution is -2.55. The van der Waals surface area contributed by atoms with Gasteiger partial charge in [-0.15, -0.1) is 0 Å². The quantitative estimate of drug-likeness (QED) is 0.481. The monoisotopic (exact) mass is 321 g/mol. The molecule has 1 heterocycles. The van der Waals surface area contributed by atoms with E-state index in [1.54, 1.807) is 29.2 Å². The minimum Gasteiger partial charge on any atom is -0.456 e. The summed E-state index contributed by atoms with van der Waals surface area (Å²) in [6.45, 7) is 7.15. The van der Waals surface area contributed by atoms with Gasteiger partial charge in [-0.3, -0.25) is 15.0 Å². The molecule has 2 rings (SSSR count). The van der Waals surface area contributed by atoms with Gasteiger partial charge in [0.2, 0.25) is 0 Å². The van der Waals surface area contributed by atoms with E-state index in [1.165, 1.54) is 0 Å². The number of carbonyl (C=O) groups excluding carboxylic acids is 1. The van der Waals surface area contributed by atoms with Crippen LogP contribution in [-0.2, 0) is 4.74 Å². The van der Waals surface area contributed by atoms with Crippen LogP contribution >= 0.6 is 0 Å². The minimum atomic E-state index is -0.777. The molecule has 0 bridgehead atoms. The van der Waals surface area contributed by atoms with E-state index < -0.39 is 17.7 Å². The number of nitro groups is 1. The largest absolute Gasteiger partial charge is 0.456 e. The van der Waals surface area contributed by atoms with Gasteiger partial charge >= 0.3 is 5.97 Å². The molecule has 1 aliphatic heterocycles. The zero-order valence-electron chi connectivity index (χ0n) is 14.0. The molecule has 126 valence electrons. The van der Waals surface area contributed by atoms with E-state index in [0.29, 0.717) is 18.7 Å². The van der Waals surface area contributed by atoms with Gasteiger partial charge in [-0.25, -0.2) is 4.79 Å². The first-order valence-electron chi connectivity index (χ1n) is 7.59. The van der Waals surface area contributed by atoms with Crippen molar-refractivity contribution in [1.29, 1.82) is 0 Å². The van der Waals surface area contributed by atoms with Crippen LogP contribution in [-0.4, -0.2) is 54.2 Å². The molecule has 0 spiro atoms. The lowest BCUT2D eigenvalue weighted by molar-refractivity contribution is -0.524. The molecule has 0 amide bonds. The fraction of sp³-hybridized carbons (Fsp3) is 0.562. The number of hydrogen-bond donors (Lipinski definition) is 0. The Hall–Kier alpha value is -2.15. The lowest BCUT2D eigenvalue weighted by atomic mass is 10.1. The predicted molar refractivity (Wildman–Crippen MR) is 87.2 cm³/mol. The third-order valence-electron chi connectivity index (χ3n) is 3.63. The number of hydrogen-bond acceptors (Lipinski definition) is 6. The van der Waals surface area contributed by atoms with Crippen molar-refractivity contribution < 1.29 is 14.5 Å². The fourth-order valence-corrected chi connectivity index (χ4v) is 2.50. The Morgan fingerprint density at radius 1 is 1.26 bits per heavy atom. The Kier molecular flexibility index (Phi) is 4.89. The van der Waals surface area contributed by atoms with Crippen LogP contribution in [0.4, 0.5) is 5.69 Å². The highest BCUT2D eigenvalue weighted by atomic mass is 16.6. The van der Waals surface area contributed by atoms with Crippen molar-refractivity contribution in [1.82, 2.24) is 4.90 Å². The van der Waals surface area contributed by atoms with E-state index in [-0.39, 0.29) is 4.92 Å². The van der Waals surface area contributed by atoms with E-state index in [2.05, 4.69) is 0 Å². The average Bonchev–Trinajstić information content (AvgIpc) is 2.45. The maximum Gasteiger partial charge on any atom is 0.338 e. The van der Waals surface area contributed by atoms with Gasteiger partial charge in [0, 0.05) is 23.7 Å². The Morgan fingerprint density at radius 2 is 1.87 bits per heavy atom. The van der Waals surface area contributed by atoms with Gasteiger partial charge in [-0.2, -0.15) is 0 Å². The maximum absolute atomic E-state index is 12.0. The molecular weight excluding hydrogens is 298 g/mol. The van der Waals surface area contributed by atoms with Crippen LogP contribution < -0.4 is 4.90 Å². The first-order valence-corrected chi connectivity index (χ1v) is 7.59. The summed E-state index contributed by atoms with van der Waals surface area (Å²) in [5, 5.41) is 11.3. The molecule has 0 N–H and O–H groups in total. The molecule has 0 radical (unpaired) electrons. The third kappa shape index (κ3) is 4.41. The van der Waals surface area contributed by atoms with Crippen molar-refractivity contribution in [2.75, 3.05) is 31.6 Å². The second-order valence-electron chi connectivity index (χ2n) is 6.77. The van der Waals surface area contributed by atoms with Gasteiger partial charge in [0.05, 0.1) is 12.1 Å². The van der Waals surface area contributed by atoms with Crippen LogP contribution in [0.15, 0.2) is 24.3 Å². The summed E-state index contributed by atoms with van der Waals surface area (Å²) in [5.41, 5.74) is 0.631. The zero-order valence-corrected chi connectivity index (χ0v) is 14.0. The molecule has 0 saturated carbocycles. The molecule has 7 heteroatoms. The van der Waals surface area contributed by atoms with Gasteiger partial charge < -0.3 is 9.64 Å².